The molecular weight excluding hydrogens is 366 g/mol. The number of carbonyl (C=O) groups is 1. The Hall–Kier alpha value is -3.42. The molecule has 0 bridgehead atoms. The molecule has 8 nitrogen and oxygen atoms in total. The van der Waals surface area contributed by atoms with Crippen LogP contribution in [0.15, 0.2) is 36.4 Å². The van der Waals surface area contributed by atoms with Crippen molar-refractivity contribution in [3.63, 3.8) is 0 Å². The van der Waals surface area contributed by atoms with Crippen LogP contribution in [0.2, 0.25) is 0 Å². The van der Waals surface area contributed by atoms with E-state index in [0.29, 0.717) is 30.3 Å². The largest absolute Gasteiger partial charge is 0.378 e. The highest BCUT2D eigenvalue weighted by molar-refractivity contribution is 5.95. The number of aromatic nitrogens is 4. The summed E-state index contributed by atoms with van der Waals surface area (Å²) in [6, 6.07) is 11.4. The van der Waals surface area contributed by atoms with Gasteiger partial charge in [-0.05, 0) is 45.0 Å². The van der Waals surface area contributed by atoms with E-state index in [9.17, 15) is 4.79 Å². The van der Waals surface area contributed by atoms with Gasteiger partial charge < -0.3 is 15.5 Å². The zero-order chi connectivity index (χ0) is 21.0. The van der Waals surface area contributed by atoms with E-state index < -0.39 is 0 Å². The summed E-state index contributed by atoms with van der Waals surface area (Å²) >= 11 is 0. The molecule has 8 heteroatoms. The average molecular weight is 393 g/mol. The number of nitrogens with one attached hydrogen (secondary N) is 2. The number of hydrogen-bond acceptors (Lipinski definition) is 6. The van der Waals surface area contributed by atoms with Gasteiger partial charge in [0.1, 0.15) is 11.6 Å². The van der Waals surface area contributed by atoms with Gasteiger partial charge in [0.2, 0.25) is 0 Å². The molecule has 0 aliphatic carbocycles. The first-order valence-corrected chi connectivity index (χ1v) is 9.52. The summed E-state index contributed by atoms with van der Waals surface area (Å²) in [6.45, 7) is 6.81. The highest BCUT2D eigenvalue weighted by atomic mass is 16.1. The summed E-state index contributed by atoms with van der Waals surface area (Å²) in [5, 5.41) is 10.6. The molecule has 0 fully saturated rings. The van der Waals surface area contributed by atoms with E-state index in [1.54, 1.807) is 4.68 Å². The summed E-state index contributed by atoms with van der Waals surface area (Å²) in [6.07, 6.45) is 0. The van der Waals surface area contributed by atoms with Gasteiger partial charge in [-0.25, -0.2) is 14.6 Å². The maximum Gasteiger partial charge on any atom is 0.251 e. The molecule has 3 aromatic rings. The Morgan fingerprint density at radius 3 is 2.55 bits per heavy atom. The molecule has 0 aliphatic rings. The first-order valence-electron chi connectivity index (χ1n) is 9.52. The average Bonchev–Trinajstić information content (AvgIpc) is 3.03. The number of benzene rings is 1. The van der Waals surface area contributed by atoms with E-state index >= 15 is 0 Å². The van der Waals surface area contributed by atoms with Crippen molar-refractivity contribution in [3.05, 3.63) is 59.2 Å². The molecule has 1 amide bonds. The molecule has 0 atom stereocenters. The lowest BCUT2D eigenvalue weighted by Crippen LogP contribution is -2.29. The number of rotatable bonds is 7. The van der Waals surface area contributed by atoms with Gasteiger partial charge in [-0.2, -0.15) is 5.10 Å². The van der Waals surface area contributed by atoms with Crippen LogP contribution in [-0.4, -0.2) is 52.8 Å². The smallest absolute Gasteiger partial charge is 0.251 e. The van der Waals surface area contributed by atoms with Gasteiger partial charge >= 0.3 is 0 Å². The van der Waals surface area contributed by atoms with Crippen LogP contribution < -0.4 is 15.5 Å². The highest BCUT2D eigenvalue weighted by Gasteiger charge is 2.09. The molecular formula is C21H27N7O. The maximum absolute atomic E-state index is 12.4. The van der Waals surface area contributed by atoms with Crippen LogP contribution in [-0.2, 0) is 0 Å². The second-order valence-electron chi connectivity index (χ2n) is 7.12. The molecule has 0 spiro atoms. The molecule has 0 saturated heterocycles. The fourth-order valence-corrected chi connectivity index (χ4v) is 3.01. The van der Waals surface area contributed by atoms with Crippen molar-refractivity contribution >= 4 is 17.4 Å². The fraction of sp³-hybridized carbons (Fsp3) is 0.333. The van der Waals surface area contributed by atoms with Gasteiger partial charge in [0.15, 0.2) is 5.82 Å². The van der Waals surface area contributed by atoms with Gasteiger partial charge in [0.05, 0.1) is 5.69 Å². The van der Waals surface area contributed by atoms with E-state index in [0.717, 1.165) is 22.9 Å². The van der Waals surface area contributed by atoms with Gasteiger partial charge in [0, 0.05) is 50.2 Å². The van der Waals surface area contributed by atoms with Gasteiger partial charge in [0.25, 0.3) is 5.91 Å². The van der Waals surface area contributed by atoms with E-state index in [-0.39, 0.29) is 5.91 Å². The van der Waals surface area contributed by atoms with Crippen molar-refractivity contribution < 1.29 is 4.79 Å². The number of hydrogen-bond donors (Lipinski definition) is 2. The minimum absolute atomic E-state index is 0.0994. The Kier molecular flexibility index (Phi) is 6.11. The third-order valence-electron chi connectivity index (χ3n) is 4.39. The van der Waals surface area contributed by atoms with Crippen molar-refractivity contribution in [2.24, 2.45) is 0 Å². The predicted octanol–water partition coefficient (Wildman–Crippen LogP) is 2.50. The lowest BCUT2D eigenvalue weighted by atomic mass is 10.2. The van der Waals surface area contributed by atoms with Crippen LogP contribution in [0.25, 0.3) is 5.82 Å². The molecule has 0 unspecified atom stereocenters. The third kappa shape index (κ3) is 5.10. The third-order valence-corrected chi connectivity index (χ3v) is 4.39. The summed E-state index contributed by atoms with van der Waals surface area (Å²) in [4.78, 5) is 23.2. The Labute approximate surface area is 171 Å². The molecule has 2 aromatic heterocycles. The molecule has 152 valence electrons. The molecule has 0 aliphatic heterocycles. The van der Waals surface area contributed by atoms with Crippen molar-refractivity contribution in [3.8, 4) is 5.82 Å². The number of nitrogens with zero attached hydrogens (tertiary/aromatic N) is 5. The zero-order valence-electron chi connectivity index (χ0n) is 17.5. The predicted molar refractivity (Wildman–Crippen MR) is 115 cm³/mol. The van der Waals surface area contributed by atoms with E-state index in [4.69, 9.17) is 0 Å². The van der Waals surface area contributed by atoms with Crippen LogP contribution in [0.4, 0.5) is 11.5 Å². The van der Waals surface area contributed by atoms with Crippen LogP contribution in [0.3, 0.4) is 0 Å². The molecule has 1 aromatic carbocycles. The van der Waals surface area contributed by atoms with E-state index in [2.05, 4.69) is 25.7 Å². The molecule has 2 N–H and O–H groups in total. The first-order chi connectivity index (χ1) is 13.8. The molecule has 0 saturated carbocycles. The summed E-state index contributed by atoms with van der Waals surface area (Å²) in [5.41, 5.74) is 3.58. The van der Waals surface area contributed by atoms with Crippen LogP contribution in [0.5, 0.6) is 0 Å². The Morgan fingerprint density at radius 2 is 1.86 bits per heavy atom. The summed E-state index contributed by atoms with van der Waals surface area (Å²) < 4.78 is 1.80. The van der Waals surface area contributed by atoms with Crippen molar-refractivity contribution in [1.29, 1.82) is 0 Å². The number of aryl methyl sites for hydroxylation is 3. The van der Waals surface area contributed by atoms with Crippen molar-refractivity contribution in [1.82, 2.24) is 25.1 Å². The minimum Gasteiger partial charge on any atom is -0.378 e. The maximum atomic E-state index is 12.4. The minimum atomic E-state index is -0.0994. The summed E-state index contributed by atoms with van der Waals surface area (Å²) in [5.74, 6) is 1.97. The summed E-state index contributed by atoms with van der Waals surface area (Å²) in [7, 11) is 3.90. The van der Waals surface area contributed by atoms with Crippen LogP contribution in [0.1, 0.15) is 27.6 Å². The van der Waals surface area contributed by atoms with Gasteiger partial charge in [-0.3, -0.25) is 4.79 Å². The Bertz CT molecular complexity index is 1010. The number of amides is 1. The zero-order valence-corrected chi connectivity index (χ0v) is 17.5. The van der Waals surface area contributed by atoms with Gasteiger partial charge in [-0.15, -0.1) is 0 Å². The molecule has 3 rings (SSSR count). The van der Waals surface area contributed by atoms with E-state index in [1.807, 2.05) is 76.2 Å². The lowest BCUT2D eigenvalue weighted by Gasteiger charge is -2.14. The molecule has 0 radical (unpaired) electrons. The van der Waals surface area contributed by atoms with Crippen LogP contribution >= 0.6 is 0 Å². The topological polar surface area (TPSA) is 88.0 Å². The molecule has 29 heavy (non-hydrogen) atoms. The lowest BCUT2D eigenvalue weighted by molar-refractivity contribution is 0.0955. The Morgan fingerprint density at radius 1 is 1.07 bits per heavy atom. The quantitative estimate of drug-likeness (QED) is 0.600. The highest BCUT2D eigenvalue weighted by Crippen LogP contribution is 2.14. The normalized spacial score (nSPS) is 10.7. The monoisotopic (exact) mass is 393 g/mol. The second-order valence-corrected chi connectivity index (χ2v) is 7.12. The Balaban J connectivity index is 1.59. The van der Waals surface area contributed by atoms with E-state index in [1.165, 1.54) is 0 Å². The fourth-order valence-electron chi connectivity index (χ4n) is 3.01. The van der Waals surface area contributed by atoms with Crippen molar-refractivity contribution in [2.45, 2.75) is 20.8 Å². The molecule has 2 heterocycles. The van der Waals surface area contributed by atoms with Gasteiger partial charge in [-0.1, -0.05) is 6.07 Å². The SMILES string of the molecule is Cc1cc(C)n(-c2cc(NCCNC(=O)c3cccc(N(C)C)c3)nc(C)n2)n1. The van der Waals surface area contributed by atoms with Crippen molar-refractivity contribution in [2.75, 3.05) is 37.4 Å². The van der Waals surface area contributed by atoms with Crippen LogP contribution in [0, 0.1) is 20.8 Å². The number of anilines is 2. The standard InChI is InChI=1S/C21H27N7O/c1-14-11-15(2)28(26-14)20-13-19(24-16(3)25-20)22-9-10-23-21(29)17-7-6-8-18(12-17)27(4)5/h6-8,11-13H,9-10H2,1-5H3,(H,23,29)(H,22,24,25). The first kappa shape index (κ1) is 20.3. The number of carbonyl (C=O) groups excluding carboxylic acids is 1. The second kappa shape index (κ2) is 8.72.